The van der Waals surface area contributed by atoms with Gasteiger partial charge in [0.1, 0.15) is 6.54 Å². The zero-order chi connectivity index (χ0) is 19.5. The summed E-state index contributed by atoms with van der Waals surface area (Å²) < 4.78 is 0. The Labute approximate surface area is 174 Å². The Hall–Kier alpha value is -1.89. The van der Waals surface area contributed by atoms with Crippen molar-refractivity contribution in [1.29, 1.82) is 0 Å². The van der Waals surface area contributed by atoms with Gasteiger partial charge in [0.25, 0.3) is 0 Å². The van der Waals surface area contributed by atoms with Crippen molar-refractivity contribution in [2.45, 2.75) is 19.5 Å². The lowest BCUT2D eigenvalue weighted by Crippen LogP contribution is -3.13. The minimum absolute atomic E-state index is 0.0419. The first-order valence-electron chi connectivity index (χ1n) is 9.76. The number of piperazine rings is 1. The van der Waals surface area contributed by atoms with Crippen LogP contribution in [0, 0.1) is 5.92 Å². The van der Waals surface area contributed by atoms with Crippen molar-refractivity contribution in [3.63, 3.8) is 0 Å². The second-order valence-corrected chi connectivity index (χ2v) is 9.04. The standard InChI is InChI=1S/C21H24ClN3O2S/c22-19-6-2-1-4-16(19)13-25-14-17(12-20(25)26)21(27)24-9-7-23(8-10-24)15-18-5-3-11-28-18/h1-6,11,17H,7-10,12-15H2/p+1/t17-/m1/s1. The molecule has 0 radical (unpaired) electrons. The van der Waals surface area contributed by atoms with E-state index < -0.39 is 0 Å². The highest BCUT2D eigenvalue weighted by Gasteiger charge is 2.37. The lowest BCUT2D eigenvalue weighted by molar-refractivity contribution is -0.917. The molecule has 0 bridgehead atoms. The van der Waals surface area contributed by atoms with Crippen LogP contribution in [0.3, 0.4) is 0 Å². The van der Waals surface area contributed by atoms with Crippen molar-refractivity contribution in [2.75, 3.05) is 32.7 Å². The average molecular weight is 419 g/mol. The molecule has 0 spiro atoms. The number of amides is 2. The van der Waals surface area contributed by atoms with E-state index in [1.54, 1.807) is 16.2 Å². The van der Waals surface area contributed by atoms with Gasteiger partial charge in [-0.3, -0.25) is 9.59 Å². The molecule has 1 atom stereocenters. The normalized spacial score (nSPS) is 20.8. The predicted molar refractivity (Wildman–Crippen MR) is 110 cm³/mol. The maximum atomic E-state index is 12.9. The van der Waals surface area contributed by atoms with E-state index in [4.69, 9.17) is 11.6 Å². The van der Waals surface area contributed by atoms with Crippen LogP contribution < -0.4 is 4.90 Å². The average Bonchev–Trinajstić information content (AvgIpc) is 3.34. The van der Waals surface area contributed by atoms with Gasteiger partial charge < -0.3 is 14.7 Å². The number of likely N-dealkylation sites (tertiary alicyclic amines) is 1. The molecule has 148 valence electrons. The summed E-state index contributed by atoms with van der Waals surface area (Å²) in [4.78, 5) is 32.0. The second-order valence-electron chi connectivity index (χ2n) is 7.60. The molecule has 0 saturated carbocycles. The van der Waals surface area contributed by atoms with Gasteiger partial charge in [0.2, 0.25) is 11.8 Å². The van der Waals surface area contributed by atoms with E-state index in [0.717, 1.165) is 38.3 Å². The summed E-state index contributed by atoms with van der Waals surface area (Å²) in [6.07, 6.45) is 0.311. The third-order valence-electron chi connectivity index (χ3n) is 5.67. The second kappa shape index (κ2) is 8.64. The zero-order valence-electron chi connectivity index (χ0n) is 15.8. The molecule has 2 amide bonds. The molecule has 3 heterocycles. The molecule has 7 heteroatoms. The van der Waals surface area contributed by atoms with E-state index in [2.05, 4.69) is 17.5 Å². The summed E-state index contributed by atoms with van der Waals surface area (Å²) in [6, 6.07) is 11.8. The molecular weight excluding hydrogens is 394 g/mol. The van der Waals surface area contributed by atoms with Gasteiger partial charge in [0, 0.05) is 24.5 Å². The molecule has 1 aromatic heterocycles. The molecule has 0 aliphatic carbocycles. The fourth-order valence-corrected chi connectivity index (χ4v) is 5.03. The van der Waals surface area contributed by atoms with Crippen molar-refractivity contribution >= 4 is 34.8 Å². The topological polar surface area (TPSA) is 45.1 Å². The van der Waals surface area contributed by atoms with Crippen molar-refractivity contribution in [3.8, 4) is 0 Å². The Morgan fingerprint density at radius 1 is 1.18 bits per heavy atom. The Kier molecular flexibility index (Phi) is 5.99. The highest BCUT2D eigenvalue weighted by molar-refractivity contribution is 7.09. The molecule has 1 aromatic carbocycles. The van der Waals surface area contributed by atoms with Crippen molar-refractivity contribution in [3.05, 3.63) is 57.2 Å². The molecule has 2 saturated heterocycles. The quantitative estimate of drug-likeness (QED) is 0.803. The van der Waals surface area contributed by atoms with Crippen LogP contribution in [0.4, 0.5) is 0 Å². The van der Waals surface area contributed by atoms with Crippen molar-refractivity contribution in [2.24, 2.45) is 5.92 Å². The fourth-order valence-electron chi connectivity index (χ4n) is 4.06. The third-order valence-corrected chi connectivity index (χ3v) is 6.91. The number of halogens is 1. The van der Waals surface area contributed by atoms with Crippen LogP contribution in [0.1, 0.15) is 16.9 Å². The van der Waals surface area contributed by atoms with Crippen LogP contribution in [0.2, 0.25) is 5.02 Å². The lowest BCUT2D eigenvalue weighted by Gasteiger charge is -2.33. The minimum Gasteiger partial charge on any atom is -0.337 e. The smallest absolute Gasteiger partial charge is 0.228 e. The van der Waals surface area contributed by atoms with E-state index in [9.17, 15) is 9.59 Å². The van der Waals surface area contributed by atoms with Crippen LogP contribution in [-0.2, 0) is 22.7 Å². The number of rotatable bonds is 5. The highest BCUT2D eigenvalue weighted by atomic mass is 35.5. The fraction of sp³-hybridized carbons (Fsp3) is 0.429. The van der Waals surface area contributed by atoms with Crippen LogP contribution >= 0.6 is 22.9 Å². The molecule has 0 unspecified atom stereocenters. The van der Waals surface area contributed by atoms with Gasteiger partial charge in [0.15, 0.2) is 0 Å². The summed E-state index contributed by atoms with van der Waals surface area (Å²) in [5.74, 6) is -0.0563. The summed E-state index contributed by atoms with van der Waals surface area (Å²) in [7, 11) is 0. The number of quaternary nitrogens is 1. The maximum Gasteiger partial charge on any atom is 0.228 e. The molecule has 5 nitrogen and oxygen atoms in total. The first kappa shape index (κ1) is 19.4. The van der Waals surface area contributed by atoms with Crippen LogP contribution in [-0.4, -0.2) is 54.3 Å². The maximum absolute atomic E-state index is 12.9. The van der Waals surface area contributed by atoms with Crippen LogP contribution in [0.25, 0.3) is 0 Å². The van der Waals surface area contributed by atoms with Crippen LogP contribution in [0.5, 0.6) is 0 Å². The molecule has 2 aliphatic heterocycles. The summed E-state index contributed by atoms with van der Waals surface area (Å²) in [5.41, 5.74) is 0.927. The third kappa shape index (κ3) is 4.40. The number of carbonyl (C=O) groups excluding carboxylic acids is 2. The number of thiophene rings is 1. The summed E-state index contributed by atoms with van der Waals surface area (Å²) >= 11 is 8.01. The monoisotopic (exact) mass is 418 g/mol. The van der Waals surface area contributed by atoms with Gasteiger partial charge in [-0.25, -0.2) is 0 Å². The van der Waals surface area contributed by atoms with Gasteiger partial charge in [-0.1, -0.05) is 35.9 Å². The molecule has 2 aliphatic rings. The Bertz CT molecular complexity index is 834. The van der Waals surface area contributed by atoms with Gasteiger partial charge in [0.05, 0.1) is 37.0 Å². The molecule has 1 N–H and O–H groups in total. The Morgan fingerprint density at radius 2 is 1.96 bits per heavy atom. The van der Waals surface area contributed by atoms with Gasteiger partial charge in [-0.2, -0.15) is 0 Å². The first-order chi connectivity index (χ1) is 13.6. The van der Waals surface area contributed by atoms with E-state index >= 15 is 0 Å². The number of hydrogen-bond acceptors (Lipinski definition) is 3. The van der Waals surface area contributed by atoms with Gasteiger partial charge >= 0.3 is 0 Å². The van der Waals surface area contributed by atoms with Crippen molar-refractivity contribution < 1.29 is 14.5 Å². The van der Waals surface area contributed by atoms with Gasteiger partial charge in [-0.15, -0.1) is 11.3 Å². The summed E-state index contributed by atoms with van der Waals surface area (Å²) in [5, 5.41) is 2.77. The van der Waals surface area contributed by atoms with E-state index in [-0.39, 0.29) is 17.7 Å². The number of carbonyl (C=O) groups is 2. The number of nitrogens with one attached hydrogen (secondary N) is 1. The van der Waals surface area contributed by atoms with Crippen molar-refractivity contribution in [1.82, 2.24) is 9.80 Å². The zero-order valence-corrected chi connectivity index (χ0v) is 17.3. The number of benzene rings is 1. The largest absolute Gasteiger partial charge is 0.337 e. The lowest BCUT2D eigenvalue weighted by atomic mass is 10.1. The Balaban J connectivity index is 1.29. The molecule has 28 heavy (non-hydrogen) atoms. The molecule has 4 rings (SSSR count). The SMILES string of the molecule is O=C1C[C@@H](C(=O)N2CC[NH+](Cc3cccs3)CC2)CN1Cc1ccccc1Cl. The van der Waals surface area contributed by atoms with Crippen LogP contribution in [0.15, 0.2) is 41.8 Å². The molecule has 2 aromatic rings. The van der Waals surface area contributed by atoms with E-state index in [1.807, 2.05) is 29.2 Å². The Morgan fingerprint density at radius 3 is 2.68 bits per heavy atom. The van der Waals surface area contributed by atoms with E-state index in [1.165, 1.54) is 9.78 Å². The first-order valence-corrected chi connectivity index (χ1v) is 11.0. The minimum atomic E-state index is -0.228. The van der Waals surface area contributed by atoms with E-state index in [0.29, 0.717) is 24.5 Å². The molecule has 2 fully saturated rings. The van der Waals surface area contributed by atoms with Gasteiger partial charge in [-0.05, 0) is 23.1 Å². The number of nitrogens with zero attached hydrogens (tertiary/aromatic N) is 2. The number of hydrogen-bond donors (Lipinski definition) is 1. The summed E-state index contributed by atoms with van der Waals surface area (Å²) in [6.45, 7) is 5.48. The molecular formula is C21H25ClN3O2S+. The highest BCUT2D eigenvalue weighted by Crippen LogP contribution is 2.24. The predicted octanol–water partition coefficient (Wildman–Crippen LogP) is 1.68.